The highest BCUT2D eigenvalue weighted by Gasteiger charge is 2.29. The molecule has 0 radical (unpaired) electrons. The van der Waals surface area contributed by atoms with Crippen molar-refractivity contribution in [2.45, 2.75) is 31.9 Å². The van der Waals surface area contributed by atoms with Crippen LogP contribution < -0.4 is 16.4 Å². The molecule has 0 unspecified atom stereocenters. The monoisotopic (exact) mass is 474 g/mol. The minimum atomic E-state index is -1.52. The number of hydrogen-bond acceptors (Lipinski definition) is 6. The zero-order valence-corrected chi connectivity index (χ0v) is 19.7. The van der Waals surface area contributed by atoms with Crippen LogP contribution in [0.2, 0.25) is 0 Å². The molecule has 1 heterocycles. The molecular formula is C26H26N4O3S. The van der Waals surface area contributed by atoms with Gasteiger partial charge in [0, 0.05) is 11.3 Å². The van der Waals surface area contributed by atoms with Crippen LogP contribution in [0.15, 0.2) is 72.8 Å². The predicted molar refractivity (Wildman–Crippen MR) is 136 cm³/mol. The van der Waals surface area contributed by atoms with Crippen molar-refractivity contribution in [3.8, 4) is 0 Å². The second-order valence-corrected chi connectivity index (χ2v) is 9.37. The molecule has 7 nitrogen and oxygen atoms in total. The number of benzene rings is 3. The lowest BCUT2D eigenvalue weighted by atomic mass is 9.99. The molecule has 2 amide bonds. The fourth-order valence-electron chi connectivity index (χ4n) is 3.64. The summed E-state index contributed by atoms with van der Waals surface area (Å²) >= 11 is 1.31. The maximum atomic E-state index is 13.0. The molecule has 0 spiro atoms. The van der Waals surface area contributed by atoms with Crippen molar-refractivity contribution < 1.29 is 14.7 Å². The Labute approximate surface area is 201 Å². The molecule has 0 aliphatic rings. The lowest BCUT2D eigenvalue weighted by Gasteiger charge is -2.24. The Balaban J connectivity index is 1.54. The SMILES string of the molecule is CC(C)c1ccc(C(=O)N[C@@H](c2ccccc2)[C@@H](O)C(=O)Nc2ccc3nc(N)sc3c2)cc1. The van der Waals surface area contributed by atoms with Gasteiger partial charge in [-0.05, 0) is 47.4 Å². The Kier molecular flexibility index (Phi) is 6.90. The summed E-state index contributed by atoms with van der Waals surface area (Å²) in [7, 11) is 0. The smallest absolute Gasteiger partial charge is 0.255 e. The topological polar surface area (TPSA) is 117 Å². The Bertz CT molecular complexity index is 1300. The number of nitrogens with zero attached hydrogens (tertiary/aromatic N) is 1. The van der Waals surface area contributed by atoms with Crippen molar-refractivity contribution in [1.82, 2.24) is 10.3 Å². The number of thiazole rings is 1. The number of nitrogens with one attached hydrogen (secondary N) is 2. The van der Waals surface area contributed by atoms with E-state index in [1.54, 1.807) is 54.6 Å². The van der Waals surface area contributed by atoms with Gasteiger partial charge < -0.3 is 21.5 Å². The van der Waals surface area contributed by atoms with E-state index in [4.69, 9.17) is 5.73 Å². The van der Waals surface area contributed by atoms with Gasteiger partial charge in [-0.1, -0.05) is 67.6 Å². The first-order chi connectivity index (χ1) is 16.3. The summed E-state index contributed by atoms with van der Waals surface area (Å²) in [5, 5.41) is 17.0. The number of aromatic nitrogens is 1. The number of aliphatic hydroxyl groups is 1. The third-order valence-corrected chi connectivity index (χ3v) is 6.39. The summed E-state index contributed by atoms with van der Waals surface area (Å²) in [6, 6.07) is 20.5. The zero-order chi connectivity index (χ0) is 24.2. The summed E-state index contributed by atoms with van der Waals surface area (Å²) < 4.78 is 0.822. The van der Waals surface area contributed by atoms with Crippen molar-refractivity contribution in [2.75, 3.05) is 11.1 Å². The lowest BCUT2D eigenvalue weighted by molar-refractivity contribution is -0.125. The Morgan fingerprint density at radius 1 is 0.971 bits per heavy atom. The first-order valence-corrected chi connectivity index (χ1v) is 11.7. The van der Waals surface area contributed by atoms with Gasteiger partial charge in [-0.2, -0.15) is 0 Å². The van der Waals surface area contributed by atoms with Crippen LogP contribution in [0.4, 0.5) is 10.8 Å². The number of carbonyl (C=O) groups excluding carboxylic acids is 2. The summed E-state index contributed by atoms with van der Waals surface area (Å²) in [6.45, 7) is 4.16. The first-order valence-electron chi connectivity index (χ1n) is 10.9. The molecule has 0 bridgehead atoms. The number of anilines is 2. The molecule has 0 aliphatic carbocycles. The molecule has 5 N–H and O–H groups in total. The third-order valence-electron chi connectivity index (χ3n) is 5.54. The van der Waals surface area contributed by atoms with Crippen LogP contribution >= 0.6 is 11.3 Å². The molecule has 174 valence electrons. The second-order valence-electron chi connectivity index (χ2n) is 8.31. The molecule has 34 heavy (non-hydrogen) atoms. The molecule has 0 saturated carbocycles. The number of amides is 2. The maximum absolute atomic E-state index is 13.0. The highest BCUT2D eigenvalue weighted by Crippen LogP contribution is 2.27. The summed E-state index contributed by atoms with van der Waals surface area (Å²) in [4.78, 5) is 30.1. The highest BCUT2D eigenvalue weighted by atomic mass is 32.1. The van der Waals surface area contributed by atoms with E-state index in [-0.39, 0.29) is 5.91 Å². The molecule has 4 rings (SSSR count). The van der Waals surface area contributed by atoms with Crippen molar-refractivity contribution in [2.24, 2.45) is 0 Å². The van der Waals surface area contributed by atoms with Gasteiger partial charge in [-0.25, -0.2) is 4.98 Å². The number of carbonyl (C=O) groups is 2. The fraction of sp³-hybridized carbons (Fsp3) is 0.192. The zero-order valence-electron chi connectivity index (χ0n) is 18.9. The van der Waals surface area contributed by atoms with Gasteiger partial charge in [0.25, 0.3) is 11.8 Å². The van der Waals surface area contributed by atoms with Gasteiger partial charge in [-0.15, -0.1) is 0 Å². The molecule has 0 saturated heterocycles. The standard InChI is InChI=1S/C26H26N4O3S/c1-15(2)16-8-10-18(11-9-16)24(32)30-22(17-6-4-3-5-7-17)23(31)25(33)28-19-12-13-20-21(14-19)34-26(27)29-20/h3-15,22-23,31H,1-2H3,(H2,27,29)(H,28,33)(H,30,32)/t22-,23+/m0/s1. The van der Waals surface area contributed by atoms with Crippen molar-refractivity contribution >= 4 is 44.2 Å². The van der Waals surface area contributed by atoms with Gasteiger partial charge in [0.1, 0.15) is 0 Å². The van der Waals surface area contributed by atoms with Crippen LogP contribution in [-0.2, 0) is 4.79 Å². The van der Waals surface area contributed by atoms with Crippen LogP contribution in [0.3, 0.4) is 0 Å². The summed E-state index contributed by atoms with van der Waals surface area (Å²) in [6.07, 6.45) is -1.52. The molecule has 0 aliphatic heterocycles. The minimum absolute atomic E-state index is 0.348. The largest absolute Gasteiger partial charge is 0.381 e. The normalized spacial score (nSPS) is 12.9. The van der Waals surface area contributed by atoms with Gasteiger partial charge in [0.15, 0.2) is 11.2 Å². The van der Waals surface area contributed by atoms with E-state index >= 15 is 0 Å². The van der Waals surface area contributed by atoms with Gasteiger partial charge in [-0.3, -0.25) is 9.59 Å². The Morgan fingerprint density at radius 3 is 2.35 bits per heavy atom. The quantitative estimate of drug-likeness (QED) is 0.315. The molecule has 4 aromatic rings. The molecule has 0 fully saturated rings. The average molecular weight is 475 g/mol. The molecular weight excluding hydrogens is 448 g/mol. The minimum Gasteiger partial charge on any atom is -0.381 e. The Hall–Kier alpha value is -3.75. The van der Waals surface area contributed by atoms with E-state index in [0.717, 1.165) is 15.8 Å². The lowest BCUT2D eigenvalue weighted by Crippen LogP contribution is -2.42. The summed E-state index contributed by atoms with van der Waals surface area (Å²) in [5.74, 6) is -0.668. The van der Waals surface area contributed by atoms with Crippen LogP contribution in [-0.4, -0.2) is 28.0 Å². The molecule has 3 aromatic carbocycles. The third kappa shape index (κ3) is 5.24. The van der Waals surface area contributed by atoms with Gasteiger partial charge in [0.05, 0.1) is 16.3 Å². The number of hydrogen-bond donors (Lipinski definition) is 4. The van der Waals surface area contributed by atoms with Crippen molar-refractivity contribution in [1.29, 1.82) is 0 Å². The van der Waals surface area contributed by atoms with E-state index in [0.29, 0.717) is 27.9 Å². The first kappa shape index (κ1) is 23.4. The average Bonchev–Trinajstić information content (AvgIpc) is 3.21. The fourth-order valence-corrected chi connectivity index (χ4v) is 4.41. The van der Waals surface area contributed by atoms with E-state index in [9.17, 15) is 14.7 Å². The van der Waals surface area contributed by atoms with Gasteiger partial charge in [0.2, 0.25) is 0 Å². The number of rotatable bonds is 7. The van der Waals surface area contributed by atoms with E-state index in [2.05, 4.69) is 29.5 Å². The summed E-state index contributed by atoms with van der Waals surface area (Å²) in [5.41, 5.74) is 9.17. The number of fused-ring (bicyclic) bond motifs is 1. The highest BCUT2D eigenvalue weighted by molar-refractivity contribution is 7.22. The second kappa shape index (κ2) is 10.0. The molecule has 8 heteroatoms. The van der Waals surface area contributed by atoms with E-state index in [1.165, 1.54) is 11.3 Å². The maximum Gasteiger partial charge on any atom is 0.255 e. The number of aliphatic hydroxyl groups excluding tert-OH is 1. The van der Waals surface area contributed by atoms with E-state index < -0.39 is 18.1 Å². The molecule has 2 atom stereocenters. The number of nitrogen functional groups attached to an aromatic ring is 1. The Morgan fingerprint density at radius 2 is 1.68 bits per heavy atom. The van der Waals surface area contributed by atoms with Gasteiger partial charge >= 0.3 is 0 Å². The van der Waals surface area contributed by atoms with Crippen molar-refractivity contribution in [3.63, 3.8) is 0 Å². The van der Waals surface area contributed by atoms with Crippen LogP contribution in [0.25, 0.3) is 10.2 Å². The van der Waals surface area contributed by atoms with E-state index in [1.807, 2.05) is 18.2 Å². The number of nitrogens with two attached hydrogens (primary N) is 1. The van der Waals surface area contributed by atoms with Crippen molar-refractivity contribution in [3.05, 3.63) is 89.5 Å². The van der Waals surface area contributed by atoms with Crippen LogP contribution in [0, 0.1) is 0 Å². The predicted octanol–water partition coefficient (Wildman–Crippen LogP) is 4.47. The van der Waals surface area contributed by atoms with Crippen LogP contribution in [0.1, 0.15) is 47.3 Å². The molecule has 1 aromatic heterocycles. The van der Waals surface area contributed by atoms with Crippen LogP contribution in [0.5, 0.6) is 0 Å².